The molecule has 0 aromatic heterocycles. The molecule has 0 saturated carbocycles. The van der Waals surface area contributed by atoms with Crippen molar-refractivity contribution in [2.24, 2.45) is 5.73 Å². The van der Waals surface area contributed by atoms with Crippen molar-refractivity contribution < 1.29 is 17.9 Å². The number of rotatable bonds is 7. The third kappa shape index (κ3) is 4.16. The van der Waals surface area contributed by atoms with Crippen molar-refractivity contribution in [2.45, 2.75) is 0 Å². The van der Waals surface area contributed by atoms with E-state index in [-0.39, 0.29) is 0 Å². The van der Waals surface area contributed by atoms with Crippen molar-refractivity contribution in [1.29, 1.82) is 0 Å². The first kappa shape index (κ1) is 14.8. The van der Waals surface area contributed by atoms with E-state index in [9.17, 15) is 8.42 Å². The van der Waals surface area contributed by atoms with Gasteiger partial charge in [-0.25, -0.2) is 0 Å². The van der Waals surface area contributed by atoms with Crippen LogP contribution in [0.25, 0.3) is 0 Å². The van der Waals surface area contributed by atoms with Gasteiger partial charge in [0.05, 0.1) is 19.8 Å². The second kappa shape index (κ2) is 7.24. The van der Waals surface area contributed by atoms with Crippen LogP contribution >= 0.6 is 0 Å². The van der Waals surface area contributed by atoms with Crippen LogP contribution in [0.5, 0.6) is 0 Å². The molecule has 8 heteroatoms. The lowest BCUT2D eigenvalue weighted by Crippen LogP contribution is -2.50. The lowest BCUT2D eigenvalue weighted by molar-refractivity contribution is 0.0695. The Kier molecular flexibility index (Phi) is 6.31. The molecule has 0 aromatic carbocycles. The SMILES string of the molecule is COCCN(CCN)S(=O)(=O)N1CCOCC1. The van der Waals surface area contributed by atoms with E-state index in [1.165, 1.54) is 8.61 Å². The van der Waals surface area contributed by atoms with Crippen LogP contribution in [0.4, 0.5) is 0 Å². The van der Waals surface area contributed by atoms with Crippen LogP contribution in [0.1, 0.15) is 0 Å². The van der Waals surface area contributed by atoms with Gasteiger partial charge in [-0.2, -0.15) is 17.0 Å². The molecule has 1 saturated heterocycles. The minimum Gasteiger partial charge on any atom is -0.383 e. The smallest absolute Gasteiger partial charge is 0.282 e. The molecule has 17 heavy (non-hydrogen) atoms. The van der Waals surface area contributed by atoms with Gasteiger partial charge in [0.15, 0.2) is 0 Å². The van der Waals surface area contributed by atoms with E-state index in [0.717, 1.165) is 0 Å². The van der Waals surface area contributed by atoms with Crippen molar-refractivity contribution in [2.75, 3.05) is 59.7 Å². The molecule has 0 aliphatic carbocycles. The maximum Gasteiger partial charge on any atom is 0.282 e. The summed E-state index contributed by atoms with van der Waals surface area (Å²) in [6.45, 7) is 2.99. The Morgan fingerprint density at radius 2 is 2.00 bits per heavy atom. The van der Waals surface area contributed by atoms with Crippen LogP contribution < -0.4 is 5.73 Å². The van der Waals surface area contributed by atoms with E-state index < -0.39 is 10.2 Å². The molecule has 0 amide bonds. The van der Waals surface area contributed by atoms with Gasteiger partial charge in [0, 0.05) is 39.8 Å². The van der Waals surface area contributed by atoms with Gasteiger partial charge in [-0.3, -0.25) is 0 Å². The van der Waals surface area contributed by atoms with Gasteiger partial charge >= 0.3 is 0 Å². The van der Waals surface area contributed by atoms with Gasteiger partial charge in [-0.05, 0) is 0 Å². The summed E-state index contributed by atoms with van der Waals surface area (Å²) in [5, 5.41) is 0. The van der Waals surface area contributed by atoms with Crippen LogP contribution in [0, 0.1) is 0 Å². The molecular weight excluding hydrogens is 246 g/mol. The zero-order valence-electron chi connectivity index (χ0n) is 10.2. The molecule has 1 aliphatic heterocycles. The van der Waals surface area contributed by atoms with Crippen molar-refractivity contribution in [1.82, 2.24) is 8.61 Å². The summed E-state index contributed by atoms with van der Waals surface area (Å²) in [7, 11) is -1.89. The summed E-state index contributed by atoms with van der Waals surface area (Å²) < 4.78 is 37.4. The average Bonchev–Trinajstić information content (AvgIpc) is 2.35. The van der Waals surface area contributed by atoms with E-state index >= 15 is 0 Å². The molecule has 1 fully saturated rings. The average molecular weight is 267 g/mol. The summed E-state index contributed by atoms with van der Waals surface area (Å²) >= 11 is 0. The molecule has 2 N–H and O–H groups in total. The van der Waals surface area contributed by atoms with Gasteiger partial charge in [0.25, 0.3) is 10.2 Å². The van der Waals surface area contributed by atoms with E-state index in [4.69, 9.17) is 15.2 Å². The number of nitrogens with two attached hydrogens (primary N) is 1. The molecule has 0 spiro atoms. The number of methoxy groups -OCH3 is 1. The van der Waals surface area contributed by atoms with Crippen LogP contribution in [0.15, 0.2) is 0 Å². The highest BCUT2D eigenvalue weighted by molar-refractivity contribution is 7.86. The minimum absolute atomic E-state index is 0.299. The molecule has 0 unspecified atom stereocenters. The highest BCUT2D eigenvalue weighted by Gasteiger charge is 2.30. The Bertz CT molecular complexity index is 303. The number of hydrogen-bond donors (Lipinski definition) is 1. The molecular formula is C9H21N3O4S. The van der Waals surface area contributed by atoms with Crippen molar-refractivity contribution >= 4 is 10.2 Å². The third-order valence-electron chi connectivity index (χ3n) is 2.55. The molecule has 7 nitrogen and oxygen atoms in total. The number of morpholine rings is 1. The van der Waals surface area contributed by atoms with E-state index in [0.29, 0.717) is 52.5 Å². The third-order valence-corrected chi connectivity index (χ3v) is 4.58. The van der Waals surface area contributed by atoms with E-state index in [1.54, 1.807) is 7.11 Å². The lowest BCUT2D eigenvalue weighted by Gasteiger charge is -2.31. The zero-order valence-corrected chi connectivity index (χ0v) is 11.0. The fourth-order valence-corrected chi connectivity index (χ4v) is 3.20. The molecule has 102 valence electrons. The van der Waals surface area contributed by atoms with Crippen LogP contribution in [0.2, 0.25) is 0 Å². The summed E-state index contributed by atoms with van der Waals surface area (Å²) in [5.74, 6) is 0. The fourth-order valence-electron chi connectivity index (χ4n) is 1.62. The highest BCUT2D eigenvalue weighted by Crippen LogP contribution is 2.10. The standard InChI is InChI=1S/C9H21N3O4S/c1-15-7-4-11(3-2-10)17(13,14)12-5-8-16-9-6-12/h2-10H2,1H3. The summed E-state index contributed by atoms with van der Waals surface area (Å²) in [4.78, 5) is 0. The van der Waals surface area contributed by atoms with Gasteiger partial charge in [0.2, 0.25) is 0 Å². The zero-order chi connectivity index (χ0) is 12.7. The Morgan fingerprint density at radius 1 is 1.35 bits per heavy atom. The van der Waals surface area contributed by atoms with Gasteiger partial charge < -0.3 is 15.2 Å². The number of hydrogen-bond acceptors (Lipinski definition) is 5. The molecule has 1 rings (SSSR count). The van der Waals surface area contributed by atoms with Crippen molar-refractivity contribution in [3.63, 3.8) is 0 Å². The molecule has 1 aliphatic rings. The quantitative estimate of drug-likeness (QED) is 0.605. The first-order chi connectivity index (χ1) is 8.12. The topological polar surface area (TPSA) is 85.1 Å². The molecule has 1 heterocycles. The van der Waals surface area contributed by atoms with Crippen molar-refractivity contribution in [3.05, 3.63) is 0 Å². The molecule has 0 bridgehead atoms. The molecule has 0 radical (unpaired) electrons. The highest BCUT2D eigenvalue weighted by atomic mass is 32.2. The predicted molar refractivity (Wildman–Crippen MR) is 63.8 cm³/mol. The van der Waals surface area contributed by atoms with Crippen LogP contribution in [-0.2, 0) is 19.7 Å². The van der Waals surface area contributed by atoms with E-state index in [2.05, 4.69) is 0 Å². The summed E-state index contributed by atoms with van der Waals surface area (Å²) in [5.41, 5.74) is 5.44. The first-order valence-corrected chi connectivity index (χ1v) is 7.04. The van der Waals surface area contributed by atoms with E-state index in [1.807, 2.05) is 0 Å². The second-order valence-electron chi connectivity index (χ2n) is 3.70. The Morgan fingerprint density at radius 3 is 2.53 bits per heavy atom. The minimum atomic E-state index is -3.43. The maximum absolute atomic E-state index is 12.3. The van der Waals surface area contributed by atoms with Crippen molar-refractivity contribution in [3.8, 4) is 0 Å². The normalized spacial score (nSPS) is 18.8. The van der Waals surface area contributed by atoms with Gasteiger partial charge in [0.1, 0.15) is 0 Å². The van der Waals surface area contributed by atoms with Crippen LogP contribution in [-0.4, -0.2) is 76.7 Å². The second-order valence-corrected chi connectivity index (χ2v) is 5.63. The predicted octanol–water partition coefficient (Wildman–Crippen LogP) is -1.53. The monoisotopic (exact) mass is 267 g/mol. The number of ether oxygens (including phenoxy) is 2. The maximum atomic E-state index is 12.3. The lowest BCUT2D eigenvalue weighted by atomic mass is 10.5. The molecule has 0 atom stereocenters. The van der Waals surface area contributed by atoms with Crippen LogP contribution in [0.3, 0.4) is 0 Å². The first-order valence-electron chi connectivity index (χ1n) is 5.65. The van der Waals surface area contributed by atoms with Gasteiger partial charge in [-0.15, -0.1) is 0 Å². The Balaban J connectivity index is 2.67. The van der Waals surface area contributed by atoms with Gasteiger partial charge in [-0.1, -0.05) is 0 Å². The fraction of sp³-hybridized carbons (Fsp3) is 1.00. The Hall–Kier alpha value is -0.250. The largest absolute Gasteiger partial charge is 0.383 e. The number of nitrogens with zero attached hydrogens (tertiary/aromatic N) is 2. The summed E-state index contributed by atoms with van der Waals surface area (Å²) in [6, 6.07) is 0. The Labute approximate surface area is 103 Å². The summed E-state index contributed by atoms with van der Waals surface area (Å²) in [6.07, 6.45) is 0. The molecule has 0 aromatic rings.